The summed E-state index contributed by atoms with van der Waals surface area (Å²) >= 11 is 0. The van der Waals surface area contributed by atoms with E-state index < -0.39 is 97.5 Å². The molecule has 450 valence electrons. The van der Waals surface area contributed by atoms with Crippen molar-refractivity contribution < 1.29 is 80.2 Å². The smallest absolute Gasteiger partial charge is 0.462 e. The molecule has 0 aliphatic rings. The van der Waals surface area contributed by atoms with Gasteiger partial charge in [-0.2, -0.15) is 0 Å². The number of phosphoric ester groups is 2. The largest absolute Gasteiger partial charge is 0.472 e. The molecule has 0 spiro atoms. The van der Waals surface area contributed by atoms with Crippen LogP contribution in [-0.2, 0) is 65.4 Å². The molecule has 0 saturated heterocycles. The van der Waals surface area contributed by atoms with Crippen LogP contribution in [0.25, 0.3) is 0 Å². The average molecular weight is 1130 g/mol. The van der Waals surface area contributed by atoms with E-state index in [2.05, 4.69) is 41.5 Å². The Labute approximate surface area is 460 Å². The predicted octanol–water partition coefficient (Wildman–Crippen LogP) is 14.9. The summed E-state index contributed by atoms with van der Waals surface area (Å²) in [7, 11) is -9.86. The van der Waals surface area contributed by atoms with Crippen molar-refractivity contribution in [3.63, 3.8) is 0 Å². The van der Waals surface area contributed by atoms with Crippen LogP contribution in [0.3, 0.4) is 0 Å². The van der Waals surface area contributed by atoms with Gasteiger partial charge in [0.05, 0.1) is 26.4 Å². The Balaban J connectivity index is 5.18. The maximum absolute atomic E-state index is 12.9. The summed E-state index contributed by atoms with van der Waals surface area (Å²) in [5, 5.41) is 10.5. The van der Waals surface area contributed by atoms with Crippen molar-refractivity contribution >= 4 is 39.5 Å². The third kappa shape index (κ3) is 51.5. The van der Waals surface area contributed by atoms with E-state index in [4.69, 9.17) is 37.0 Å². The summed E-state index contributed by atoms with van der Waals surface area (Å²) in [6, 6.07) is 0. The standard InChI is InChI=1S/C57H110O17P2/c1-7-9-11-13-14-17-21-29-35-41-56(61)73-52(45-67-54(59)39-33-25-12-10-8-2)47-71-75(63,64)69-43-51(58)44-70-76(65,66)72-48-53(46-68-55(60)40-34-28-24-23-27-32-38-50(5)6)74-57(62)42-36-30-22-19-16-15-18-20-26-31-37-49(3)4/h49-53,58H,7-48H2,1-6H3,(H,63,64)(H,65,66)/t51-,52+,53+/m0/s1. The molecule has 3 N–H and O–H groups in total. The van der Waals surface area contributed by atoms with Crippen LogP contribution in [0.5, 0.6) is 0 Å². The minimum Gasteiger partial charge on any atom is -0.462 e. The van der Waals surface area contributed by atoms with Crippen LogP contribution in [-0.4, -0.2) is 96.7 Å². The van der Waals surface area contributed by atoms with Gasteiger partial charge in [-0.25, -0.2) is 9.13 Å². The van der Waals surface area contributed by atoms with Crippen molar-refractivity contribution in [1.82, 2.24) is 0 Å². The first kappa shape index (κ1) is 74.1. The normalized spacial score (nSPS) is 14.5. The highest BCUT2D eigenvalue weighted by atomic mass is 31.2. The summed E-state index contributed by atoms with van der Waals surface area (Å²) in [6.07, 6.45) is 29.8. The first-order chi connectivity index (χ1) is 36.4. The SMILES string of the molecule is CCCCCCCCCCCC(=O)O[C@H](COC(=O)CCCCCCC)COP(=O)(O)OC[C@H](O)COP(=O)(O)OC[C@@H](COC(=O)CCCCCCCCC(C)C)OC(=O)CCCCCCCCCCCCC(C)C. The van der Waals surface area contributed by atoms with Crippen molar-refractivity contribution in [2.24, 2.45) is 11.8 Å². The highest BCUT2D eigenvalue weighted by molar-refractivity contribution is 7.47. The number of hydrogen-bond acceptors (Lipinski definition) is 15. The second-order valence-corrected chi connectivity index (χ2v) is 24.5. The average Bonchev–Trinajstić information content (AvgIpc) is 3.37. The Morgan fingerprint density at radius 2 is 0.605 bits per heavy atom. The van der Waals surface area contributed by atoms with E-state index in [9.17, 15) is 43.2 Å². The van der Waals surface area contributed by atoms with Crippen molar-refractivity contribution in [1.29, 1.82) is 0 Å². The lowest BCUT2D eigenvalue weighted by Crippen LogP contribution is -2.30. The Morgan fingerprint density at radius 1 is 0.355 bits per heavy atom. The van der Waals surface area contributed by atoms with E-state index >= 15 is 0 Å². The molecule has 0 aromatic rings. The highest BCUT2D eigenvalue weighted by Crippen LogP contribution is 2.45. The number of ether oxygens (including phenoxy) is 4. The van der Waals surface area contributed by atoms with Gasteiger partial charge in [0, 0.05) is 25.7 Å². The second-order valence-electron chi connectivity index (χ2n) is 21.6. The fourth-order valence-electron chi connectivity index (χ4n) is 8.29. The molecule has 0 heterocycles. The zero-order valence-corrected chi connectivity index (χ0v) is 50.3. The number of unbranched alkanes of at least 4 members (excludes halogenated alkanes) is 26. The topological polar surface area (TPSA) is 237 Å². The van der Waals surface area contributed by atoms with E-state index in [0.717, 1.165) is 109 Å². The van der Waals surface area contributed by atoms with Crippen molar-refractivity contribution in [2.45, 2.75) is 291 Å². The van der Waals surface area contributed by atoms with E-state index in [1.54, 1.807) is 0 Å². The molecule has 17 nitrogen and oxygen atoms in total. The number of carbonyl (C=O) groups excluding carboxylic acids is 4. The quantitative estimate of drug-likeness (QED) is 0.0222. The summed E-state index contributed by atoms with van der Waals surface area (Å²) in [6.45, 7) is 9.24. The molecule has 0 radical (unpaired) electrons. The Morgan fingerprint density at radius 3 is 0.895 bits per heavy atom. The zero-order chi connectivity index (χ0) is 56.6. The van der Waals surface area contributed by atoms with E-state index in [0.29, 0.717) is 31.6 Å². The van der Waals surface area contributed by atoms with Crippen molar-refractivity contribution in [2.75, 3.05) is 39.6 Å². The van der Waals surface area contributed by atoms with Crippen LogP contribution >= 0.6 is 15.6 Å². The van der Waals surface area contributed by atoms with Crippen LogP contribution in [0.1, 0.15) is 273 Å². The number of aliphatic hydroxyl groups excluding tert-OH is 1. The Hall–Kier alpha value is -1.94. The van der Waals surface area contributed by atoms with Crippen LogP contribution in [0.15, 0.2) is 0 Å². The number of carbonyl (C=O) groups is 4. The number of rotatable bonds is 56. The van der Waals surface area contributed by atoms with Gasteiger partial charge in [-0.1, -0.05) is 221 Å². The van der Waals surface area contributed by atoms with Gasteiger partial charge in [-0.3, -0.25) is 37.3 Å². The fraction of sp³-hybridized carbons (Fsp3) is 0.930. The maximum Gasteiger partial charge on any atom is 0.472 e. The molecule has 0 aliphatic heterocycles. The lowest BCUT2D eigenvalue weighted by molar-refractivity contribution is -0.161. The molecule has 0 rings (SSSR count). The molecule has 2 unspecified atom stereocenters. The van der Waals surface area contributed by atoms with Crippen LogP contribution in [0, 0.1) is 11.8 Å². The molecule has 76 heavy (non-hydrogen) atoms. The third-order valence-electron chi connectivity index (χ3n) is 13.0. The predicted molar refractivity (Wildman–Crippen MR) is 298 cm³/mol. The van der Waals surface area contributed by atoms with Crippen molar-refractivity contribution in [3.05, 3.63) is 0 Å². The Kier molecular flexibility index (Phi) is 48.8. The molecule has 19 heteroatoms. The lowest BCUT2D eigenvalue weighted by atomic mass is 10.0. The van der Waals surface area contributed by atoms with Gasteiger partial charge in [0.15, 0.2) is 12.2 Å². The molecule has 0 bridgehead atoms. The number of esters is 4. The molecule has 0 fully saturated rings. The van der Waals surface area contributed by atoms with Gasteiger partial charge in [0.1, 0.15) is 19.3 Å². The maximum atomic E-state index is 12.9. The highest BCUT2D eigenvalue weighted by Gasteiger charge is 2.30. The molecule has 5 atom stereocenters. The van der Waals surface area contributed by atoms with Gasteiger partial charge in [0.2, 0.25) is 0 Å². The first-order valence-corrected chi connectivity index (χ1v) is 33.0. The van der Waals surface area contributed by atoms with E-state index in [1.807, 2.05) is 0 Å². The van der Waals surface area contributed by atoms with Crippen molar-refractivity contribution in [3.8, 4) is 0 Å². The molecular formula is C57H110O17P2. The first-order valence-electron chi connectivity index (χ1n) is 30.0. The molecule has 0 aromatic heterocycles. The molecule has 0 aromatic carbocycles. The monoisotopic (exact) mass is 1130 g/mol. The minimum absolute atomic E-state index is 0.104. The van der Waals surface area contributed by atoms with Gasteiger partial charge in [0.25, 0.3) is 0 Å². The minimum atomic E-state index is -4.93. The lowest BCUT2D eigenvalue weighted by Gasteiger charge is -2.21. The summed E-state index contributed by atoms with van der Waals surface area (Å²) in [4.78, 5) is 71.5. The van der Waals surface area contributed by atoms with Gasteiger partial charge in [-0.05, 0) is 37.5 Å². The van der Waals surface area contributed by atoms with Crippen LogP contribution in [0.2, 0.25) is 0 Å². The summed E-state index contributed by atoms with van der Waals surface area (Å²) < 4.78 is 67.4. The van der Waals surface area contributed by atoms with Crippen LogP contribution in [0.4, 0.5) is 0 Å². The summed E-state index contributed by atoms with van der Waals surface area (Å²) in [5.74, 6) is -0.726. The molecule has 0 aliphatic carbocycles. The van der Waals surface area contributed by atoms with Gasteiger partial charge in [-0.15, -0.1) is 0 Å². The van der Waals surface area contributed by atoms with E-state index in [-0.39, 0.29) is 25.7 Å². The third-order valence-corrected chi connectivity index (χ3v) is 14.9. The van der Waals surface area contributed by atoms with E-state index in [1.165, 1.54) is 77.0 Å². The van der Waals surface area contributed by atoms with Gasteiger partial charge >= 0.3 is 39.5 Å². The zero-order valence-electron chi connectivity index (χ0n) is 48.5. The number of aliphatic hydroxyl groups is 1. The molecule has 0 amide bonds. The van der Waals surface area contributed by atoms with Crippen LogP contribution < -0.4 is 0 Å². The summed E-state index contributed by atoms with van der Waals surface area (Å²) in [5.41, 5.74) is 0. The fourth-order valence-corrected chi connectivity index (χ4v) is 9.87. The number of hydrogen-bond donors (Lipinski definition) is 3. The Bertz CT molecular complexity index is 1510. The molecular weight excluding hydrogens is 1020 g/mol. The second kappa shape index (κ2) is 50.1. The molecule has 0 saturated carbocycles. The van der Waals surface area contributed by atoms with Gasteiger partial charge < -0.3 is 33.8 Å². The number of phosphoric acid groups is 2.